The number of H-pyrrole nitrogens is 1. The van der Waals surface area contributed by atoms with Crippen LogP contribution >= 0.6 is 0 Å². The zero-order valence-electron chi connectivity index (χ0n) is 8.90. The molecule has 0 aliphatic carbocycles. The highest BCUT2D eigenvalue weighted by molar-refractivity contribution is 5.94. The van der Waals surface area contributed by atoms with Crippen molar-refractivity contribution in [3.8, 4) is 0 Å². The number of fused-ring (bicyclic) bond motifs is 1. The van der Waals surface area contributed by atoms with Crippen LogP contribution in [-0.2, 0) is 4.79 Å². The summed E-state index contributed by atoms with van der Waals surface area (Å²) < 4.78 is 13.2. The van der Waals surface area contributed by atoms with E-state index >= 15 is 0 Å². The van der Waals surface area contributed by atoms with E-state index in [-0.39, 0.29) is 17.6 Å². The normalized spacial score (nSPS) is 18.6. The molecule has 0 fully saturated rings. The number of carbonyl (C=O) groups is 1. The van der Waals surface area contributed by atoms with Gasteiger partial charge in [0.05, 0.1) is 6.20 Å². The lowest BCUT2D eigenvalue weighted by atomic mass is 9.87. The van der Waals surface area contributed by atoms with Crippen LogP contribution in [0.5, 0.6) is 0 Å². The van der Waals surface area contributed by atoms with Crippen LogP contribution in [0.1, 0.15) is 23.5 Å². The van der Waals surface area contributed by atoms with Gasteiger partial charge in [-0.25, -0.2) is 4.39 Å². The molecule has 1 atom stereocenters. The molecule has 1 aliphatic rings. The van der Waals surface area contributed by atoms with Gasteiger partial charge in [0.1, 0.15) is 11.6 Å². The molecule has 0 spiro atoms. The van der Waals surface area contributed by atoms with Crippen molar-refractivity contribution in [3.05, 3.63) is 47.4 Å². The molecule has 0 radical (unpaired) electrons. The molecule has 1 aliphatic heterocycles. The van der Waals surface area contributed by atoms with Gasteiger partial charge >= 0.3 is 0 Å². The molecule has 4 nitrogen and oxygen atoms in total. The molecule has 0 saturated carbocycles. The van der Waals surface area contributed by atoms with E-state index in [1.54, 1.807) is 12.3 Å². The highest BCUT2D eigenvalue weighted by Crippen LogP contribution is 2.35. The first-order valence-corrected chi connectivity index (χ1v) is 5.32. The fourth-order valence-electron chi connectivity index (χ4n) is 2.17. The molecule has 0 bridgehead atoms. The average molecular weight is 231 g/mol. The van der Waals surface area contributed by atoms with Crippen LogP contribution in [0.15, 0.2) is 30.5 Å². The Bertz CT molecular complexity index is 579. The highest BCUT2D eigenvalue weighted by Gasteiger charge is 2.28. The summed E-state index contributed by atoms with van der Waals surface area (Å²) in [5, 5.41) is 9.33. The molecule has 0 saturated heterocycles. The van der Waals surface area contributed by atoms with Crippen molar-refractivity contribution in [2.75, 3.05) is 5.32 Å². The first-order chi connectivity index (χ1) is 8.24. The number of amides is 1. The predicted molar refractivity (Wildman–Crippen MR) is 60.1 cm³/mol. The van der Waals surface area contributed by atoms with Gasteiger partial charge in [-0.05, 0) is 17.7 Å². The standard InChI is InChI=1S/C12H10FN3O/c13-8-3-1-2-7(4-8)9-5-11(17)15-12-10(9)6-14-16-12/h1-4,6,9H,5H2,(H2,14,15,16,17)/t9-/m1/s1. The van der Waals surface area contributed by atoms with Gasteiger partial charge in [-0.2, -0.15) is 5.10 Å². The minimum absolute atomic E-state index is 0.0870. The number of halogens is 1. The van der Waals surface area contributed by atoms with E-state index in [1.165, 1.54) is 12.1 Å². The van der Waals surface area contributed by atoms with Gasteiger partial charge < -0.3 is 5.32 Å². The monoisotopic (exact) mass is 231 g/mol. The van der Waals surface area contributed by atoms with Gasteiger partial charge in [-0.3, -0.25) is 9.89 Å². The summed E-state index contributed by atoms with van der Waals surface area (Å²) in [5.41, 5.74) is 1.69. The predicted octanol–water partition coefficient (Wildman–Crippen LogP) is 2.02. The molecule has 2 heterocycles. The number of aromatic amines is 1. The van der Waals surface area contributed by atoms with Crippen molar-refractivity contribution < 1.29 is 9.18 Å². The minimum Gasteiger partial charge on any atom is -0.311 e. The molecular weight excluding hydrogens is 221 g/mol. The topological polar surface area (TPSA) is 57.8 Å². The van der Waals surface area contributed by atoms with Gasteiger partial charge in [0.15, 0.2) is 0 Å². The zero-order valence-corrected chi connectivity index (χ0v) is 8.90. The van der Waals surface area contributed by atoms with Crippen LogP contribution in [0, 0.1) is 5.82 Å². The third-order valence-corrected chi connectivity index (χ3v) is 2.95. The van der Waals surface area contributed by atoms with Crippen molar-refractivity contribution in [2.45, 2.75) is 12.3 Å². The lowest BCUT2D eigenvalue weighted by Gasteiger charge is -2.22. The molecule has 1 aromatic carbocycles. The molecule has 2 aromatic rings. The summed E-state index contributed by atoms with van der Waals surface area (Å²) >= 11 is 0. The maximum atomic E-state index is 13.2. The number of aromatic nitrogens is 2. The van der Waals surface area contributed by atoms with Crippen LogP contribution in [0.2, 0.25) is 0 Å². The summed E-state index contributed by atoms with van der Waals surface area (Å²) in [6.45, 7) is 0. The van der Waals surface area contributed by atoms with E-state index in [0.717, 1.165) is 11.1 Å². The number of benzene rings is 1. The van der Waals surface area contributed by atoms with E-state index in [0.29, 0.717) is 12.2 Å². The smallest absolute Gasteiger partial charge is 0.226 e. The van der Waals surface area contributed by atoms with E-state index in [2.05, 4.69) is 15.5 Å². The quantitative estimate of drug-likeness (QED) is 0.788. The Balaban J connectivity index is 2.08. The molecule has 86 valence electrons. The third-order valence-electron chi connectivity index (χ3n) is 2.95. The number of rotatable bonds is 1. The molecule has 2 N–H and O–H groups in total. The zero-order chi connectivity index (χ0) is 11.8. The number of nitrogens with one attached hydrogen (secondary N) is 2. The van der Waals surface area contributed by atoms with Crippen LogP contribution in [-0.4, -0.2) is 16.1 Å². The van der Waals surface area contributed by atoms with E-state index in [1.807, 2.05) is 6.07 Å². The van der Waals surface area contributed by atoms with Gasteiger partial charge in [-0.15, -0.1) is 0 Å². The molecular formula is C12H10FN3O. The maximum Gasteiger partial charge on any atom is 0.226 e. The summed E-state index contributed by atoms with van der Waals surface area (Å²) in [5.74, 6) is 0.0956. The molecule has 0 unspecified atom stereocenters. The summed E-state index contributed by atoms with van der Waals surface area (Å²) in [6.07, 6.45) is 1.99. The molecule has 1 amide bonds. The van der Waals surface area contributed by atoms with Crippen molar-refractivity contribution in [1.82, 2.24) is 10.2 Å². The lowest BCUT2D eigenvalue weighted by Crippen LogP contribution is -2.22. The van der Waals surface area contributed by atoms with Crippen LogP contribution < -0.4 is 5.32 Å². The van der Waals surface area contributed by atoms with Crippen molar-refractivity contribution in [2.24, 2.45) is 0 Å². The Morgan fingerprint density at radius 1 is 1.41 bits per heavy atom. The largest absolute Gasteiger partial charge is 0.311 e. The van der Waals surface area contributed by atoms with Crippen molar-refractivity contribution in [1.29, 1.82) is 0 Å². The average Bonchev–Trinajstić information content (AvgIpc) is 2.75. The van der Waals surface area contributed by atoms with E-state index in [9.17, 15) is 9.18 Å². The first-order valence-electron chi connectivity index (χ1n) is 5.32. The van der Waals surface area contributed by atoms with Crippen LogP contribution in [0.25, 0.3) is 0 Å². The van der Waals surface area contributed by atoms with E-state index in [4.69, 9.17) is 0 Å². The van der Waals surface area contributed by atoms with Gasteiger partial charge in [-0.1, -0.05) is 12.1 Å². The highest BCUT2D eigenvalue weighted by atomic mass is 19.1. The SMILES string of the molecule is O=C1C[C@H](c2cccc(F)c2)c2cn[nH]c2N1. The molecule has 3 rings (SSSR count). The second kappa shape index (κ2) is 3.69. The maximum absolute atomic E-state index is 13.2. The van der Waals surface area contributed by atoms with Crippen LogP contribution in [0.3, 0.4) is 0 Å². The van der Waals surface area contributed by atoms with Crippen molar-refractivity contribution in [3.63, 3.8) is 0 Å². The minimum atomic E-state index is -0.293. The third kappa shape index (κ3) is 1.69. The molecule has 1 aromatic heterocycles. The second-order valence-electron chi connectivity index (χ2n) is 4.06. The first kappa shape index (κ1) is 10.0. The Hall–Kier alpha value is -2.17. The Labute approximate surface area is 96.9 Å². The number of anilines is 1. The fourth-order valence-corrected chi connectivity index (χ4v) is 2.17. The Morgan fingerprint density at radius 3 is 3.12 bits per heavy atom. The van der Waals surface area contributed by atoms with Crippen molar-refractivity contribution >= 4 is 11.7 Å². The summed E-state index contributed by atoms with van der Waals surface area (Å²) in [6, 6.07) is 6.32. The number of hydrogen-bond donors (Lipinski definition) is 2. The lowest BCUT2D eigenvalue weighted by molar-refractivity contribution is -0.116. The van der Waals surface area contributed by atoms with Gasteiger partial charge in [0, 0.05) is 17.9 Å². The molecule has 17 heavy (non-hydrogen) atoms. The van der Waals surface area contributed by atoms with Crippen LogP contribution in [0.4, 0.5) is 10.2 Å². The van der Waals surface area contributed by atoms with E-state index < -0.39 is 0 Å². The number of nitrogens with zero attached hydrogens (tertiary/aromatic N) is 1. The fraction of sp³-hybridized carbons (Fsp3) is 0.167. The molecule has 5 heteroatoms. The number of hydrogen-bond acceptors (Lipinski definition) is 2. The Morgan fingerprint density at radius 2 is 2.29 bits per heavy atom. The van der Waals surface area contributed by atoms with Gasteiger partial charge in [0.25, 0.3) is 0 Å². The van der Waals surface area contributed by atoms with Gasteiger partial charge in [0.2, 0.25) is 5.91 Å². The number of carbonyl (C=O) groups excluding carboxylic acids is 1. The summed E-state index contributed by atoms with van der Waals surface area (Å²) in [4.78, 5) is 11.5. The summed E-state index contributed by atoms with van der Waals surface area (Å²) in [7, 11) is 0. The second-order valence-corrected chi connectivity index (χ2v) is 4.06. The Kier molecular flexibility index (Phi) is 2.18.